The number of hydrogen-bond acceptors (Lipinski definition) is 3. The molecule has 17 heavy (non-hydrogen) atoms. The summed E-state index contributed by atoms with van der Waals surface area (Å²) in [6, 6.07) is 0. The lowest BCUT2D eigenvalue weighted by molar-refractivity contribution is 0.346. The van der Waals surface area contributed by atoms with Crippen molar-refractivity contribution in [3.05, 3.63) is 26.6 Å². The van der Waals surface area contributed by atoms with Gasteiger partial charge in [-0.25, -0.2) is 9.50 Å². The van der Waals surface area contributed by atoms with Crippen molar-refractivity contribution in [3.8, 4) is 0 Å². The molecule has 0 N–H and O–H groups in total. The molecule has 0 aliphatic rings. The van der Waals surface area contributed by atoms with E-state index in [-0.39, 0.29) is 11.0 Å². The maximum absolute atomic E-state index is 12.1. The largest absolute Gasteiger partial charge is 0.296 e. The summed E-state index contributed by atoms with van der Waals surface area (Å²) >= 11 is 2.11. The monoisotopic (exact) mass is 346 g/mol. The topological polar surface area (TPSA) is 52.2 Å². The molecule has 0 fully saturated rings. The number of rotatable bonds is 2. The lowest BCUT2D eigenvalue weighted by Crippen LogP contribution is -2.25. The highest BCUT2D eigenvalue weighted by Gasteiger charge is 2.12. The zero-order valence-corrected chi connectivity index (χ0v) is 12.3. The Morgan fingerprint density at radius 3 is 2.76 bits per heavy atom. The van der Waals surface area contributed by atoms with E-state index in [0.717, 1.165) is 10.1 Å². The highest BCUT2D eigenvalue weighted by molar-refractivity contribution is 14.1. The van der Waals surface area contributed by atoms with Crippen LogP contribution in [-0.4, -0.2) is 19.2 Å². The van der Waals surface area contributed by atoms with Gasteiger partial charge >= 0.3 is 0 Å². The average Bonchev–Trinajstić information content (AvgIpc) is 2.59. The van der Waals surface area contributed by atoms with Crippen LogP contribution >= 0.6 is 22.6 Å². The molecular weight excluding hydrogens is 331 g/mol. The zero-order chi connectivity index (χ0) is 12.6. The third-order valence-corrected chi connectivity index (χ3v) is 3.29. The fourth-order valence-electron chi connectivity index (χ4n) is 1.49. The molecule has 0 saturated heterocycles. The summed E-state index contributed by atoms with van der Waals surface area (Å²) in [5, 5.41) is 4.21. The molecule has 0 aromatic carbocycles. The molecule has 0 saturated carbocycles. The highest BCUT2D eigenvalue weighted by atomic mass is 127. The van der Waals surface area contributed by atoms with Crippen molar-refractivity contribution in [2.45, 2.75) is 33.7 Å². The Balaban J connectivity index is 2.37. The van der Waals surface area contributed by atoms with E-state index in [1.54, 1.807) is 21.6 Å². The third kappa shape index (κ3) is 2.67. The molecule has 6 heteroatoms. The van der Waals surface area contributed by atoms with Gasteiger partial charge in [-0.05, 0) is 34.4 Å². The second-order valence-corrected chi connectivity index (χ2v) is 6.36. The van der Waals surface area contributed by atoms with Crippen LogP contribution in [0.3, 0.4) is 0 Å². The molecule has 2 aromatic rings. The quantitative estimate of drug-likeness (QED) is 0.781. The minimum absolute atomic E-state index is 0.0767. The molecule has 92 valence electrons. The SMILES string of the molecule is CC(C)(C)CCn1cnn2c(I)cnc2c1=O. The molecule has 0 aliphatic heterocycles. The van der Waals surface area contributed by atoms with E-state index in [9.17, 15) is 4.79 Å². The summed E-state index contributed by atoms with van der Waals surface area (Å²) in [4.78, 5) is 16.2. The maximum atomic E-state index is 12.1. The van der Waals surface area contributed by atoms with Crippen molar-refractivity contribution in [2.75, 3.05) is 0 Å². The number of hydrogen-bond donors (Lipinski definition) is 0. The normalized spacial score (nSPS) is 12.2. The van der Waals surface area contributed by atoms with Crippen molar-refractivity contribution in [1.82, 2.24) is 19.2 Å². The highest BCUT2D eigenvalue weighted by Crippen LogP contribution is 2.18. The number of nitrogens with zero attached hydrogens (tertiary/aromatic N) is 4. The Bertz CT molecular complexity index is 594. The summed E-state index contributed by atoms with van der Waals surface area (Å²) in [5.41, 5.74) is 0.521. The van der Waals surface area contributed by atoms with Crippen LogP contribution in [0.25, 0.3) is 5.65 Å². The van der Waals surface area contributed by atoms with Gasteiger partial charge in [-0.3, -0.25) is 9.36 Å². The van der Waals surface area contributed by atoms with Crippen LogP contribution < -0.4 is 5.56 Å². The van der Waals surface area contributed by atoms with Gasteiger partial charge in [-0.2, -0.15) is 5.10 Å². The van der Waals surface area contributed by atoms with Crippen LogP contribution in [-0.2, 0) is 6.54 Å². The van der Waals surface area contributed by atoms with Crippen molar-refractivity contribution >= 4 is 28.2 Å². The van der Waals surface area contributed by atoms with Crippen LogP contribution in [0.15, 0.2) is 17.3 Å². The number of aryl methyl sites for hydroxylation is 1. The molecule has 0 atom stereocenters. The number of halogens is 1. The molecule has 5 nitrogen and oxygen atoms in total. The van der Waals surface area contributed by atoms with E-state index in [4.69, 9.17) is 0 Å². The fourth-order valence-corrected chi connectivity index (χ4v) is 1.98. The van der Waals surface area contributed by atoms with E-state index in [1.807, 2.05) is 0 Å². The average molecular weight is 346 g/mol. The summed E-state index contributed by atoms with van der Waals surface area (Å²) in [5.74, 6) is 0. The molecular formula is C11H15IN4O. The summed E-state index contributed by atoms with van der Waals surface area (Å²) in [6.45, 7) is 7.14. The van der Waals surface area contributed by atoms with Gasteiger partial charge in [-0.1, -0.05) is 20.8 Å². The first kappa shape index (κ1) is 12.5. The standard InChI is InChI=1S/C11H15IN4O/c1-11(2,3)4-5-15-7-14-16-8(12)6-13-9(16)10(15)17/h6-7H,4-5H2,1-3H3. The van der Waals surface area contributed by atoms with E-state index in [2.05, 4.69) is 53.4 Å². The van der Waals surface area contributed by atoms with E-state index in [1.165, 1.54) is 0 Å². The van der Waals surface area contributed by atoms with Crippen LogP contribution in [0.2, 0.25) is 0 Å². The van der Waals surface area contributed by atoms with Gasteiger partial charge in [0.1, 0.15) is 10.0 Å². The van der Waals surface area contributed by atoms with Crippen molar-refractivity contribution < 1.29 is 0 Å². The minimum atomic E-state index is -0.0767. The lowest BCUT2D eigenvalue weighted by Gasteiger charge is -2.18. The van der Waals surface area contributed by atoms with E-state index < -0.39 is 0 Å². The molecule has 0 radical (unpaired) electrons. The van der Waals surface area contributed by atoms with Crippen LogP contribution in [0.5, 0.6) is 0 Å². The molecule has 0 bridgehead atoms. The van der Waals surface area contributed by atoms with Crippen LogP contribution in [0.1, 0.15) is 27.2 Å². The summed E-state index contributed by atoms with van der Waals surface area (Å²) in [7, 11) is 0. The Morgan fingerprint density at radius 2 is 2.12 bits per heavy atom. The summed E-state index contributed by atoms with van der Waals surface area (Å²) < 4.78 is 4.04. The molecule has 2 aromatic heterocycles. The second-order valence-electron chi connectivity index (χ2n) is 5.26. The Labute approximate surface area is 113 Å². The van der Waals surface area contributed by atoms with Crippen LogP contribution in [0.4, 0.5) is 0 Å². The minimum Gasteiger partial charge on any atom is -0.295 e. The van der Waals surface area contributed by atoms with E-state index in [0.29, 0.717) is 12.2 Å². The predicted octanol–water partition coefficient (Wildman–Crippen LogP) is 1.93. The lowest BCUT2D eigenvalue weighted by atomic mass is 9.92. The van der Waals surface area contributed by atoms with E-state index >= 15 is 0 Å². The zero-order valence-electron chi connectivity index (χ0n) is 10.1. The number of aromatic nitrogens is 4. The first-order chi connectivity index (χ1) is 7.88. The number of fused-ring (bicyclic) bond motifs is 1. The van der Waals surface area contributed by atoms with Crippen molar-refractivity contribution in [1.29, 1.82) is 0 Å². The smallest absolute Gasteiger partial charge is 0.295 e. The summed E-state index contributed by atoms with van der Waals surface area (Å²) in [6.07, 6.45) is 4.17. The molecule has 0 aliphatic carbocycles. The van der Waals surface area contributed by atoms with Crippen LogP contribution in [0, 0.1) is 9.12 Å². The van der Waals surface area contributed by atoms with Crippen molar-refractivity contribution in [2.24, 2.45) is 5.41 Å². The van der Waals surface area contributed by atoms with Gasteiger partial charge in [0.2, 0.25) is 5.65 Å². The molecule has 0 unspecified atom stereocenters. The van der Waals surface area contributed by atoms with Gasteiger partial charge in [0.15, 0.2) is 0 Å². The van der Waals surface area contributed by atoms with Gasteiger partial charge in [0.25, 0.3) is 5.56 Å². The predicted molar refractivity (Wildman–Crippen MR) is 74.0 cm³/mol. The molecule has 0 amide bonds. The molecule has 0 spiro atoms. The first-order valence-corrected chi connectivity index (χ1v) is 6.55. The third-order valence-electron chi connectivity index (χ3n) is 2.56. The van der Waals surface area contributed by atoms with Gasteiger partial charge in [0, 0.05) is 6.54 Å². The Morgan fingerprint density at radius 1 is 1.41 bits per heavy atom. The maximum Gasteiger partial charge on any atom is 0.296 e. The van der Waals surface area contributed by atoms with Gasteiger partial charge < -0.3 is 0 Å². The second kappa shape index (κ2) is 4.40. The molecule has 2 rings (SSSR count). The molecule has 2 heterocycles. The fraction of sp³-hybridized carbons (Fsp3) is 0.545. The Hall–Kier alpha value is -0.920. The van der Waals surface area contributed by atoms with Crippen molar-refractivity contribution in [3.63, 3.8) is 0 Å². The van der Waals surface area contributed by atoms with Gasteiger partial charge in [-0.15, -0.1) is 0 Å². The van der Waals surface area contributed by atoms with Gasteiger partial charge in [0.05, 0.1) is 6.20 Å². The Kier molecular flexibility index (Phi) is 3.24. The number of imidazole rings is 1. The first-order valence-electron chi connectivity index (χ1n) is 5.47.